The van der Waals surface area contributed by atoms with Crippen molar-refractivity contribution in [3.8, 4) is 0 Å². The largest absolute Gasteiger partial charge is 0.460 e. The molecule has 1 aromatic heterocycles. The molecule has 1 aromatic carbocycles. The average molecular weight is 513 g/mol. The molecule has 0 radical (unpaired) electrons. The van der Waals surface area contributed by atoms with E-state index < -0.39 is 23.3 Å². The Morgan fingerprint density at radius 2 is 1.80 bits per heavy atom. The second-order valence-corrected chi connectivity index (χ2v) is 10.3. The molecule has 190 valence electrons. The van der Waals surface area contributed by atoms with Crippen LogP contribution >= 0.6 is 11.3 Å². The van der Waals surface area contributed by atoms with Crippen molar-refractivity contribution in [1.29, 1.82) is 0 Å². The minimum absolute atomic E-state index is 0.0146. The summed E-state index contributed by atoms with van der Waals surface area (Å²) in [4.78, 5) is 15.7. The van der Waals surface area contributed by atoms with Gasteiger partial charge in [0, 0.05) is 36.5 Å². The van der Waals surface area contributed by atoms with E-state index in [4.69, 9.17) is 10.5 Å². The molecule has 2 aromatic rings. The van der Waals surface area contributed by atoms with E-state index in [0.717, 1.165) is 18.5 Å². The predicted molar refractivity (Wildman–Crippen MR) is 124 cm³/mol. The summed E-state index contributed by atoms with van der Waals surface area (Å²) in [6.07, 6.45) is -1.03. The van der Waals surface area contributed by atoms with Gasteiger partial charge in [-0.15, -0.1) is 11.3 Å². The lowest BCUT2D eigenvalue weighted by molar-refractivity contribution is -0.589. The van der Waals surface area contributed by atoms with Crippen LogP contribution in [0.4, 0.5) is 18.0 Å². The van der Waals surface area contributed by atoms with Crippen molar-refractivity contribution in [2.24, 2.45) is 5.73 Å². The van der Waals surface area contributed by atoms with Crippen molar-refractivity contribution in [2.45, 2.75) is 74.7 Å². The van der Waals surface area contributed by atoms with Crippen LogP contribution in [0.15, 0.2) is 35.2 Å². The summed E-state index contributed by atoms with van der Waals surface area (Å²) in [5.74, 6) is 0.0187. The highest BCUT2D eigenvalue weighted by atomic mass is 32.1. The van der Waals surface area contributed by atoms with Crippen molar-refractivity contribution >= 4 is 23.3 Å². The van der Waals surface area contributed by atoms with Crippen LogP contribution in [0.1, 0.15) is 62.3 Å². The first-order chi connectivity index (χ1) is 16.4. The lowest BCUT2D eigenvalue weighted by Gasteiger charge is -2.37. The molecule has 0 spiro atoms. The van der Waals surface area contributed by atoms with E-state index in [1.54, 1.807) is 5.51 Å². The number of halogens is 3. The van der Waals surface area contributed by atoms with Crippen LogP contribution in [0, 0.1) is 0 Å². The van der Waals surface area contributed by atoms with Gasteiger partial charge in [-0.1, -0.05) is 12.1 Å². The maximum absolute atomic E-state index is 13.2. The summed E-state index contributed by atoms with van der Waals surface area (Å²) < 4.78 is 46.7. The average Bonchev–Trinajstić information content (AvgIpc) is 3.48. The van der Waals surface area contributed by atoms with Crippen LogP contribution in [-0.4, -0.2) is 56.6 Å². The number of nitrogens with zero attached hydrogens (tertiary/aromatic N) is 2. The van der Waals surface area contributed by atoms with Gasteiger partial charge < -0.3 is 20.7 Å². The van der Waals surface area contributed by atoms with Crippen molar-refractivity contribution in [2.75, 3.05) is 6.61 Å². The van der Waals surface area contributed by atoms with Crippen molar-refractivity contribution in [3.05, 3.63) is 52.0 Å². The third kappa shape index (κ3) is 5.16. The van der Waals surface area contributed by atoms with Crippen LogP contribution in [0.3, 0.4) is 0 Å². The number of hydrogen-bond acceptors (Lipinski definition) is 5. The molecule has 4 N–H and O–H groups in total. The molecule has 7 nitrogen and oxygen atoms in total. The zero-order valence-corrected chi connectivity index (χ0v) is 20.1. The number of aliphatic hydroxyl groups excluding tert-OH is 1. The highest BCUT2D eigenvalue weighted by Crippen LogP contribution is 2.42. The zero-order chi connectivity index (χ0) is 25.4. The van der Waals surface area contributed by atoms with Crippen molar-refractivity contribution in [3.63, 3.8) is 0 Å². The van der Waals surface area contributed by atoms with Gasteiger partial charge in [-0.25, -0.2) is 9.78 Å². The first-order valence-electron chi connectivity index (χ1n) is 11.5. The first-order valence-corrected chi connectivity index (χ1v) is 12.4. The van der Waals surface area contributed by atoms with Crippen molar-refractivity contribution < 1.29 is 37.5 Å². The molecule has 0 saturated heterocycles. The quantitative estimate of drug-likeness (QED) is 0.290. The number of ether oxygens (including phenoxy) is 1. The molecule has 2 saturated carbocycles. The van der Waals surface area contributed by atoms with Gasteiger partial charge in [0.05, 0.1) is 16.8 Å². The van der Waals surface area contributed by atoms with E-state index in [-0.39, 0.29) is 30.2 Å². The fourth-order valence-electron chi connectivity index (χ4n) is 4.84. The molecule has 4 rings (SSSR count). The topological polar surface area (TPSA) is 109 Å². The number of nitrogens with two attached hydrogens (primary N) is 1. The summed E-state index contributed by atoms with van der Waals surface area (Å²) >= 11 is 1.47. The summed E-state index contributed by atoms with van der Waals surface area (Å²) in [5, 5.41) is 23.0. The standard InChI is InChI=1S/C24H28F3N3O4S/c1-22(33,24(25,26)27)16-4-2-15(3-5-16)20(31)30(17-6-7-17)18-8-10-23(11-9-18,13-34-21(28)32)19-12-35-14-29-19/h2-5,12,14,17-18,33H,6-11,13H2,1H3,(H2,28,32)/p+1/t18?,22-,23?/m0/s1. The molecule has 1 atom stereocenters. The monoisotopic (exact) mass is 512 g/mol. The smallest absolute Gasteiger partial charge is 0.421 e. The SMILES string of the molecule is C[C@](O)(c1ccc(C(O)=[N+](C2CC2)C2CCC(COC(N)=O)(c3cscn3)CC2)cc1)C(F)(F)F. The van der Waals surface area contributed by atoms with Gasteiger partial charge in [0.25, 0.3) is 0 Å². The van der Waals surface area contributed by atoms with Gasteiger partial charge in [-0.2, -0.15) is 17.7 Å². The van der Waals surface area contributed by atoms with Gasteiger partial charge in [0.1, 0.15) is 6.61 Å². The number of primary amides is 1. The Morgan fingerprint density at radius 3 is 2.29 bits per heavy atom. The number of carbonyl (C=O) groups is 1. The Balaban J connectivity index is 1.57. The van der Waals surface area contributed by atoms with E-state index in [0.29, 0.717) is 38.2 Å². The maximum atomic E-state index is 13.2. The van der Waals surface area contributed by atoms with E-state index in [1.807, 2.05) is 9.96 Å². The maximum Gasteiger partial charge on any atom is 0.421 e. The number of aliphatic hydroxyl groups is 2. The van der Waals surface area contributed by atoms with Gasteiger partial charge in [-0.3, -0.25) is 0 Å². The van der Waals surface area contributed by atoms with Gasteiger partial charge in [0.2, 0.25) is 0 Å². The Morgan fingerprint density at radius 1 is 1.20 bits per heavy atom. The second-order valence-electron chi connectivity index (χ2n) is 9.60. The number of rotatable bonds is 7. The lowest BCUT2D eigenvalue weighted by Crippen LogP contribution is -2.44. The molecule has 11 heteroatoms. The van der Waals surface area contributed by atoms with E-state index in [2.05, 4.69) is 4.98 Å². The summed E-state index contributed by atoms with van der Waals surface area (Å²) in [6.45, 7) is 0.846. The number of benzene rings is 1. The van der Waals surface area contributed by atoms with Crippen molar-refractivity contribution in [1.82, 2.24) is 4.98 Å². The van der Waals surface area contributed by atoms with E-state index in [1.165, 1.54) is 35.6 Å². The van der Waals surface area contributed by atoms with Crippen LogP contribution < -0.4 is 5.73 Å². The predicted octanol–water partition coefficient (Wildman–Crippen LogP) is 4.37. The molecule has 1 amide bonds. The number of thiazole rings is 1. The fraction of sp³-hybridized carbons (Fsp3) is 0.542. The lowest BCUT2D eigenvalue weighted by atomic mass is 9.71. The van der Waals surface area contributed by atoms with Gasteiger partial charge in [0.15, 0.2) is 17.7 Å². The Bertz CT molecular complexity index is 1070. The number of alkyl halides is 3. The molecule has 35 heavy (non-hydrogen) atoms. The van der Waals surface area contributed by atoms with E-state index >= 15 is 0 Å². The van der Waals surface area contributed by atoms with Crippen LogP contribution in [0.25, 0.3) is 0 Å². The Labute approximate surface area is 205 Å². The first kappa shape index (κ1) is 25.4. The molecule has 1 heterocycles. The number of hydrogen-bond donors (Lipinski definition) is 3. The number of carbonyl (C=O) groups excluding carboxylic acids is 1. The third-order valence-electron chi connectivity index (χ3n) is 7.21. The second kappa shape index (κ2) is 9.42. The Kier molecular flexibility index (Phi) is 6.85. The molecule has 2 fully saturated rings. The fourth-order valence-corrected chi connectivity index (χ4v) is 5.52. The van der Waals surface area contributed by atoms with Crippen LogP contribution in [-0.2, 0) is 15.8 Å². The summed E-state index contributed by atoms with van der Waals surface area (Å²) in [5.41, 5.74) is 4.49. The molecule has 2 aliphatic rings. The van der Waals surface area contributed by atoms with Gasteiger partial charge in [-0.05, 0) is 37.5 Å². The Hall–Kier alpha value is -2.66. The molecule has 0 bridgehead atoms. The number of amides is 1. The minimum atomic E-state index is -4.82. The van der Waals surface area contributed by atoms with Crippen LogP contribution in [0.5, 0.6) is 0 Å². The molecular formula is C24H29F3N3O4S+. The summed E-state index contributed by atoms with van der Waals surface area (Å²) in [6, 6.07) is 5.37. The molecule has 0 unspecified atom stereocenters. The zero-order valence-electron chi connectivity index (χ0n) is 19.3. The van der Waals surface area contributed by atoms with E-state index in [9.17, 15) is 28.2 Å². The number of aromatic nitrogens is 1. The molecule has 0 aliphatic heterocycles. The molecule has 2 aliphatic carbocycles. The summed E-state index contributed by atoms with van der Waals surface area (Å²) in [7, 11) is 0. The highest BCUT2D eigenvalue weighted by Gasteiger charge is 2.51. The normalized spacial score (nSPS) is 25.5. The third-order valence-corrected chi connectivity index (χ3v) is 7.80. The highest BCUT2D eigenvalue weighted by molar-refractivity contribution is 7.07. The van der Waals surface area contributed by atoms with Gasteiger partial charge >= 0.3 is 18.2 Å². The molecular weight excluding hydrogens is 483 g/mol. The van der Waals surface area contributed by atoms with Crippen LogP contribution in [0.2, 0.25) is 0 Å². The minimum Gasteiger partial charge on any atom is -0.460 e.